The van der Waals surface area contributed by atoms with E-state index in [0.29, 0.717) is 17.9 Å². The molecule has 2 aliphatic rings. The predicted octanol–water partition coefficient (Wildman–Crippen LogP) is 3.54. The highest BCUT2D eigenvalue weighted by Crippen LogP contribution is 2.32. The van der Waals surface area contributed by atoms with Gasteiger partial charge in [0.1, 0.15) is 0 Å². The molecule has 1 saturated heterocycles. The lowest BCUT2D eigenvalue weighted by Gasteiger charge is -2.37. The smallest absolute Gasteiger partial charge is 0.241 e. The Kier molecular flexibility index (Phi) is 5.48. The third-order valence-electron chi connectivity index (χ3n) is 5.38. The molecular weight excluding hydrogens is 248 g/mol. The van der Waals surface area contributed by atoms with E-state index < -0.39 is 0 Å². The zero-order valence-corrected chi connectivity index (χ0v) is 13.7. The van der Waals surface area contributed by atoms with Crippen molar-refractivity contribution in [3.8, 4) is 0 Å². The molecule has 1 N–H and O–H groups in total. The van der Waals surface area contributed by atoms with E-state index in [9.17, 15) is 4.79 Å². The van der Waals surface area contributed by atoms with Crippen LogP contribution in [-0.4, -0.2) is 29.1 Å². The largest absolute Gasteiger partial charge is 0.323 e. The number of amides is 1. The fraction of sp³-hybridized carbons (Fsp3) is 0.941. The van der Waals surface area contributed by atoms with Crippen molar-refractivity contribution in [2.45, 2.75) is 90.9 Å². The molecule has 0 bridgehead atoms. The maximum atomic E-state index is 12.8. The van der Waals surface area contributed by atoms with Crippen molar-refractivity contribution in [1.82, 2.24) is 10.2 Å². The van der Waals surface area contributed by atoms with Crippen molar-refractivity contribution in [2.24, 2.45) is 11.8 Å². The zero-order chi connectivity index (χ0) is 14.7. The second-order valence-corrected chi connectivity index (χ2v) is 6.99. The summed E-state index contributed by atoms with van der Waals surface area (Å²) in [5.74, 6) is 1.65. The van der Waals surface area contributed by atoms with Crippen LogP contribution >= 0.6 is 0 Å². The van der Waals surface area contributed by atoms with Crippen LogP contribution in [-0.2, 0) is 4.79 Å². The van der Waals surface area contributed by atoms with Crippen molar-refractivity contribution < 1.29 is 4.79 Å². The molecule has 1 amide bonds. The van der Waals surface area contributed by atoms with Gasteiger partial charge in [0.25, 0.3) is 0 Å². The van der Waals surface area contributed by atoms with Crippen molar-refractivity contribution in [2.75, 3.05) is 0 Å². The zero-order valence-electron chi connectivity index (χ0n) is 13.7. The molecule has 0 aromatic rings. The Morgan fingerprint density at radius 2 is 1.90 bits per heavy atom. The SMILES string of the molecule is CCCC1NC(C(C)CC)C(=O)N1C1CCC(C)CC1. The Morgan fingerprint density at radius 1 is 1.25 bits per heavy atom. The molecule has 1 saturated carbocycles. The van der Waals surface area contributed by atoms with Gasteiger partial charge in [0.05, 0.1) is 12.2 Å². The van der Waals surface area contributed by atoms with E-state index in [-0.39, 0.29) is 12.2 Å². The van der Waals surface area contributed by atoms with Gasteiger partial charge in [-0.2, -0.15) is 0 Å². The molecule has 3 unspecified atom stereocenters. The summed E-state index contributed by atoms with van der Waals surface area (Å²) >= 11 is 0. The summed E-state index contributed by atoms with van der Waals surface area (Å²) in [5, 5.41) is 3.63. The lowest BCUT2D eigenvalue weighted by Crippen LogP contribution is -2.46. The molecule has 3 heteroatoms. The quantitative estimate of drug-likeness (QED) is 0.835. The number of hydrogen-bond donors (Lipinski definition) is 1. The molecule has 2 fully saturated rings. The van der Waals surface area contributed by atoms with E-state index in [4.69, 9.17) is 0 Å². The topological polar surface area (TPSA) is 32.3 Å². The first-order valence-corrected chi connectivity index (χ1v) is 8.66. The van der Waals surface area contributed by atoms with Gasteiger partial charge in [0.15, 0.2) is 0 Å². The van der Waals surface area contributed by atoms with Crippen LogP contribution in [0, 0.1) is 11.8 Å². The Balaban J connectivity index is 2.09. The van der Waals surface area contributed by atoms with Gasteiger partial charge >= 0.3 is 0 Å². The van der Waals surface area contributed by atoms with Crippen LogP contribution < -0.4 is 5.32 Å². The van der Waals surface area contributed by atoms with Crippen LogP contribution in [0.5, 0.6) is 0 Å². The standard InChI is InChI=1S/C17H32N2O/c1-5-7-15-18-16(13(4)6-2)17(20)19(15)14-10-8-12(3)9-11-14/h12-16,18H,5-11H2,1-4H3. The van der Waals surface area contributed by atoms with Gasteiger partial charge in [-0.25, -0.2) is 0 Å². The molecule has 3 nitrogen and oxygen atoms in total. The van der Waals surface area contributed by atoms with Crippen LogP contribution in [0.15, 0.2) is 0 Å². The summed E-state index contributed by atoms with van der Waals surface area (Å²) in [6, 6.07) is 0.535. The third kappa shape index (κ3) is 3.19. The van der Waals surface area contributed by atoms with Gasteiger partial charge < -0.3 is 4.90 Å². The number of nitrogens with one attached hydrogen (secondary N) is 1. The molecule has 0 aromatic heterocycles. The highest BCUT2D eigenvalue weighted by Gasteiger charge is 2.43. The Labute approximate surface area is 124 Å². The first kappa shape index (κ1) is 15.8. The Bertz CT molecular complexity index is 323. The lowest BCUT2D eigenvalue weighted by molar-refractivity contribution is -0.134. The molecule has 1 aliphatic heterocycles. The second-order valence-electron chi connectivity index (χ2n) is 6.99. The van der Waals surface area contributed by atoms with Gasteiger partial charge in [-0.15, -0.1) is 0 Å². The molecule has 3 atom stereocenters. The Morgan fingerprint density at radius 3 is 2.45 bits per heavy atom. The first-order chi connectivity index (χ1) is 9.58. The van der Waals surface area contributed by atoms with Crippen molar-refractivity contribution in [3.63, 3.8) is 0 Å². The van der Waals surface area contributed by atoms with E-state index in [0.717, 1.165) is 25.2 Å². The van der Waals surface area contributed by atoms with E-state index in [2.05, 4.69) is 37.9 Å². The highest BCUT2D eigenvalue weighted by atomic mass is 16.2. The van der Waals surface area contributed by atoms with Crippen LogP contribution in [0.2, 0.25) is 0 Å². The number of rotatable bonds is 5. The van der Waals surface area contributed by atoms with E-state index in [1.54, 1.807) is 0 Å². The molecule has 0 spiro atoms. The minimum Gasteiger partial charge on any atom is -0.323 e. The monoisotopic (exact) mass is 280 g/mol. The molecule has 2 rings (SSSR count). The van der Waals surface area contributed by atoms with Crippen molar-refractivity contribution >= 4 is 5.91 Å². The van der Waals surface area contributed by atoms with Crippen molar-refractivity contribution in [1.29, 1.82) is 0 Å². The fourth-order valence-electron chi connectivity index (χ4n) is 3.77. The Hall–Kier alpha value is -0.570. The highest BCUT2D eigenvalue weighted by molar-refractivity contribution is 5.85. The average molecular weight is 280 g/mol. The predicted molar refractivity (Wildman–Crippen MR) is 83.3 cm³/mol. The minimum atomic E-state index is 0.0518. The average Bonchev–Trinajstić information content (AvgIpc) is 2.76. The van der Waals surface area contributed by atoms with Crippen LogP contribution in [0.25, 0.3) is 0 Å². The molecular formula is C17H32N2O. The van der Waals surface area contributed by atoms with Gasteiger partial charge in [-0.05, 0) is 43.9 Å². The number of nitrogens with zero attached hydrogens (tertiary/aromatic N) is 1. The summed E-state index contributed by atoms with van der Waals surface area (Å²) < 4.78 is 0. The summed E-state index contributed by atoms with van der Waals surface area (Å²) in [7, 11) is 0. The maximum absolute atomic E-state index is 12.8. The minimum absolute atomic E-state index is 0.0518. The second kappa shape index (κ2) is 6.93. The summed E-state index contributed by atoms with van der Waals surface area (Å²) in [4.78, 5) is 15.1. The molecule has 0 radical (unpaired) electrons. The molecule has 1 aliphatic carbocycles. The van der Waals surface area contributed by atoms with Crippen LogP contribution in [0.3, 0.4) is 0 Å². The number of carbonyl (C=O) groups excluding carboxylic acids is 1. The van der Waals surface area contributed by atoms with Gasteiger partial charge in [-0.3, -0.25) is 10.1 Å². The summed E-state index contributed by atoms with van der Waals surface area (Å²) in [5.41, 5.74) is 0. The maximum Gasteiger partial charge on any atom is 0.241 e. The number of hydrogen-bond acceptors (Lipinski definition) is 2. The van der Waals surface area contributed by atoms with E-state index in [1.165, 1.54) is 25.7 Å². The number of carbonyl (C=O) groups is 1. The molecule has 20 heavy (non-hydrogen) atoms. The van der Waals surface area contributed by atoms with Gasteiger partial charge in [0, 0.05) is 6.04 Å². The van der Waals surface area contributed by atoms with Crippen LogP contribution in [0.4, 0.5) is 0 Å². The lowest BCUT2D eigenvalue weighted by atomic mass is 9.86. The van der Waals surface area contributed by atoms with Gasteiger partial charge in [0.2, 0.25) is 5.91 Å². The van der Waals surface area contributed by atoms with Crippen molar-refractivity contribution in [3.05, 3.63) is 0 Å². The van der Waals surface area contributed by atoms with Gasteiger partial charge in [-0.1, -0.05) is 40.5 Å². The molecule has 1 heterocycles. The summed E-state index contributed by atoms with van der Waals surface area (Å²) in [6.45, 7) is 8.93. The van der Waals surface area contributed by atoms with E-state index in [1.807, 2.05) is 0 Å². The normalized spacial score (nSPS) is 36.4. The summed E-state index contributed by atoms with van der Waals surface area (Å²) in [6.07, 6.45) is 8.53. The molecule has 116 valence electrons. The van der Waals surface area contributed by atoms with E-state index >= 15 is 0 Å². The van der Waals surface area contributed by atoms with Crippen LogP contribution in [0.1, 0.15) is 72.6 Å². The molecule has 0 aromatic carbocycles. The first-order valence-electron chi connectivity index (χ1n) is 8.66. The fourth-order valence-corrected chi connectivity index (χ4v) is 3.77. The third-order valence-corrected chi connectivity index (χ3v) is 5.38.